The number of aliphatic hydroxyl groups excluding tert-OH is 1. The molecule has 1 atom stereocenters. The van der Waals surface area contributed by atoms with Crippen molar-refractivity contribution in [3.05, 3.63) is 120 Å². The minimum Gasteiger partial charge on any atom is -0.507 e. The van der Waals surface area contributed by atoms with Crippen molar-refractivity contribution in [2.75, 3.05) is 11.5 Å². The summed E-state index contributed by atoms with van der Waals surface area (Å²) in [5, 5.41) is 20.0. The average Bonchev–Trinajstić information content (AvgIpc) is 3.53. The lowest BCUT2D eigenvalue weighted by molar-refractivity contribution is -0.132. The largest absolute Gasteiger partial charge is 0.507 e. The zero-order chi connectivity index (χ0) is 26.5. The summed E-state index contributed by atoms with van der Waals surface area (Å²) in [5.74, 6) is -0.585. The van der Waals surface area contributed by atoms with E-state index in [9.17, 15) is 14.7 Å². The molecule has 1 aliphatic heterocycles. The second kappa shape index (κ2) is 11.5. The van der Waals surface area contributed by atoms with Gasteiger partial charge in [-0.25, -0.2) is 0 Å². The fourth-order valence-electron chi connectivity index (χ4n) is 4.10. The Morgan fingerprint density at radius 3 is 2.50 bits per heavy atom. The number of anilines is 1. The second-order valence-corrected chi connectivity index (χ2v) is 10.5. The number of Topliss-reactive ketones (excluding diaryl/α,β-unsaturated/α-hetero) is 1. The summed E-state index contributed by atoms with van der Waals surface area (Å²) in [6.45, 7) is 3.97. The molecule has 0 aliphatic carbocycles. The number of nitrogens with zero attached hydrogens (tertiary/aromatic N) is 3. The fraction of sp³-hybridized carbons (Fsp3) is 0.103. The maximum absolute atomic E-state index is 13.4. The number of ketones is 1. The first kappa shape index (κ1) is 25.4. The van der Waals surface area contributed by atoms with Crippen LogP contribution in [-0.2, 0) is 15.3 Å². The summed E-state index contributed by atoms with van der Waals surface area (Å²) in [4.78, 5) is 28.1. The van der Waals surface area contributed by atoms with Crippen LogP contribution in [-0.4, -0.2) is 33.6 Å². The van der Waals surface area contributed by atoms with E-state index < -0.39 is 17.7 Å². The highest BCUT2D eigenvalue weighted by Gasteiger charge is 2.48. The number of benzene rings is 3. The number of aliphatic hydroxyl groups is 1. The van der Waals surface area contributed by atoms with Gasteiger partial charge < -0.3 is 9.84 Å². The minimum atomic E-state index is -0.914. The second-order valence-electron chi connectivity index (χ2n) is 8.33. The van der Waals surface area contributed by atoms with Crippen molar-refractivity contribution in [2.24, 2.45) is 0 Å². The number of hydrogen-bond acceptors (Lipinski definition) is 8. The summed E-state index contributed by atoms with van der Waals surface area (Å²) in [5.41, 5.74) is 2.15. The Morgan fingerprint density at radius 2 is 1.76 bits per heavy atom. The fourth-order valence-corrected chi connectivity index (χ4v) is 5.93. The molecule has 1 aromatic heterocycles. The Balaban J connectivity index is 1.55. The predicted octanol–water partition coefficient (Wildman–Crippen LogP) is 6.02. The van der Waals surface area contributed by atoms with Gasteiger partial charge >= 0.3 is 5.91 Å². The van der Waals surface area contributed by atoms with Gasteiger partial charge in [0.05, 0.1) is 11.6 Å². The molecule has 1 fully saturated rings. The SMILES string of the molecule is C=CCOc1cccc(C2/C(=C(\O)c3ccccc3)C(=O)C(=O)N2c2nnc(SCc3ccccc3)s2)c1. The number of thioether (sulfide) groups is 1. The molecule has 7 nitrogen and oxygen atoms in total. The molecular weight excluding hydrogens is 518 g/mol. The maximum Gasteiger partial charge on any atom is 0.301 e. The molecule has 1 unspecified atom stereocenters. The van der Waals surface area contributed by atoms with E-state index >= 15 is 0 Å². The summed E-state index contributed by atoms with van der Waals surface area (Å²) < 4.78 is 6.36. The van der Waals surface area contributed by atoms with E-state index in [0.29, 0.717) is 33.6 Å². The predicted molar refractivity (Wildman–Crippen MR) is 149 cm³/mol. The van der Waals surface area contributed by atoms with Crippen LogP contribution < -0.4 is 9.64 Å². The van der Waals surface area contributed by atoms with Gasteiger partial charge in [0.15, 0.2) is 4.34 Å². The molecule has 3 aromatic carbocycles. The Bertz CT molecular complexity index is 1500. The highest BCUT2D eigenvalue weighted by Crippen LogP contribution is 2.44. The average molecular weight is 542 g/mol. The number of carbonyl (C=O) groups excluding carboxylic acids is 2. The topological polar surface area (TPSA) is 92.6 Å². The van der Waals surface area contributed by atoms with E-state index in [1.165, 1.54) is 28.0 Å². The van der Waals surface area contributed by atoms with Crippen LogP contribution in [0.25, 0.3) is 5.76 Å². The maximum atomic E-state index is 13.4. The standard InChI is InChI=1S/C29H23N3O4S2/c1-2-16-36-22-15-9-14-21(17-22)24-23(25(33)20-12-7-4-8-13-20)26(34)27(35)32(24)28-30-31-29(38-28)37-18-19-10-5-3-6-11-19/h2-15,17,24,33H,1,16,18H2/b25-23+. The van der Waals surface area contributed by atoms with E-state index in [1.54, 1.807) is 54.6 Å². The van der Waals surface area contributed by atoms with Crippen molar-refractivity contribution in [1.29, 1.82) is 0 Å². The van der Waals surface area contributed by atoms with Crippen molar-refractivity contribution < 1.29 is 19.4 Å². The summed E-state index contributed by atoms with van der Waals surface area (Å²) in [6, 6.07) is 24.8. The molecule has 9 heteroatoms. The number of rotatable bonds is 9. The molecule has 190 valence electrons. The summed E-state index contributed by atoms with van der Waals surface area (Å²) in [7, 11) is 0. The van der Waals surface area contributed by atoms with Gasteiger partial charge in [0.2, 0.25) is 5.13 Å². The van der Waals surface area contributed by atoms with Gasteiger partial charge in [-0.05, 0) is 23.3 Å². The minimum absolute atomic E-state index is 0.0178. The summed E-state index contributed by atoms with van der Waals surface area (Å²) >= 11 is 2.73. The van der Waals surface area contributed by atoms with Crippen molar-refractivity contribution in [2.45, 2.75) is 16.1 Å². The molecule has 1 amide bonds. The van der Waals surface area contributed by atoms with Crippen LogP contribution in [0.3, 0.4) is 0 Å². The van der Waals surface area contributed by atoms with E-state index in [-0.39, 0.29) is 16.5 Å². The molecule has 4 aromatic rings. The lowest BCUT2D eigenvalue weighted by Gasteiger charge is -2.23. The van der Waals surface area contributed by atoms with Gasteiger partial charge in [0.1, 0.15) is 18.1 Å². The molecule has 5 rings (SSSR count). The Morgan fingerprint density at radius 1 is 1.03 bits per heavy atom. The summed E-state index contributed by atoms with van der Waals surface area (Å²) in [6.07, 6.45) is 1.63. The highest BCUT2D eigenvalue weighted by molar-refractivity contribution is 8.00. The van der Waals surface area contributed by atoms with Gasteiger partial charge in [-0.1, -0.05) is 109 Å². The van der Waals surface area contributed by atoms with Gasteiger partial charge in [-0.3, -0.25) is 14.5 Å². The van der Waals surface area contributed by atoms with Crippen molar-refractivity contribution in [3.63, 3.8) is 0 Å². The molecule has 0 spiro atoms. The van der Waals surface area contributed by atoms with Gasteiger partial charge in [0.25, 0.3) is 5.78 Å². The van der Waals surface area contributed by atoms with Crippen LogP contribution in [0.2, 0.25) is 0 Å². The smallest absolute Gasteiger partial charge is 0.301 e. The molecule has 1 saturated heterocycles. The quantitative estimate of drug-likeness (QED) is 0.0692. The first-order valence-corrected chi connectivity index (χ1v) is 13.6. The molecule has 1 N–H and O–H groups in total. The van der Waals surface area contributed by atoms with Crippen LogP contribution >= 0.6 is 23.1 Å². The number of aromatic nitrogens is 2. The van der Waals surface area contributed by atoms with E-state index in [2.05, 4.69) is 16.8 Å². The molecule has 2 heterocycles. The van der Waals surface area contributed by atoms with Crippen molar-refractivity contribution in [1.82, 2.24) is 10.2 Å². The normalized spacial score (nSPS) is 16.5. The van der Waals surface area contributed by atoms with Crippen LogP contribution in [0.5, 0.6) is 5.75 Å². The zero-order valence-electron chi connectivity index (χ0n) is 20.2. The van der Waals surface area contributed by atoms with E-state index in [4.69, 9.17) is 4.74 Å². The van der Waals surface area contributed by atoms with Crippen LogP contribution in [0.4, 0.5) is 5.13 Å². The number of ether oxygens (including phenoxy) is 1. The first-order valence-electron chi connectivity index (χ1n) is 11.8. The van der Waals surface area contributed by atoms with Gasteiger partial charge in [-0.15, -0.1) is 10.2 Å². The van der Waals surface area contributed by atoms with Gasteiger partial charge in [0, 0.05) is 11.3 Å². The molecular formula is C29H23N3O4S2. The molecule has 0 saturated carbocycles. The monoisotopic (exact) mass is 541 g/mol. The third-order valence-electron chi connectivity index (χ3n) is 5.84. The van der Waals surface area contributed by atoms with Gasteiger partial charge in [-0.2, -0.15) is 0 Å². The molecule has 0 radical (unpaired) electrons. The van der Waals surface area contributed by atoms with E-state index in [0.717, 1.165) is 5.56 Å². The third kappa shape index (κ3) is 5.25. The van der Waals surface area contributed by atoms with Crippen molar-refractivity contribution in [3.8, 4) is 5.75 Å². The molecule has 1 aliphatic rings. The van der Waals surface area contributed by atoms with E-state index in [1.807, 2.05) is 36.4 Å². The van der Waals surface area contributed by atoms with Crippen molar-refractivity contribution >= 4 is 45.7 Å². The number of hydrogen-bond donors (Lipinski definition) is 1. The number of carbonyl (C=O) groups is 2. The molecule has 38 heavy (non-hydrogen) atoms. The zero-order valence-corrected chi connectivity index (χ0v) is 21.8. The third-order valence-corrected chi connectivity index (χ3v) is 7.97. The lowest BCUT2D eigenvalue weighted by atomic mass is 9.95. The Kier molecular flexibility index (Phi) is 7.67. The number of amides is 1. The van der Waals surface area contributed by atoms with Crippen LogP contribution in [0.15, 0.2) is 107 Å². The molecule has 0 bridgehead atoms. The van der Waals surface area contributed by atoms with Crippen LogP contribution in [0, 0.1) is 0 Å². The first-order chi connectivity index (χ1) is 18.6. The van der Waals surface area contributed by atoms with Crippen LogP contribution in [0.1, 0.15) is 22.7 Å². The Labute approximate surface area is 228 Å². The Hall–Kier alpha value is -4.21. The lowest BCUT2D eigenvalue weighted by Crippen LogP contribution is -2.29. The highest BCUT2D eigenvalue weighted by atomic mass is 32.2.